The summed E-state index contributed by atoms with van der Waals surface area (Å²) >= 11 is 0. The minimum absolute atomic E-state index is 0.0199. The highest BCUT2D eigenvalue weighted by Crippen LogP contribution is 2.31. The van der Waals surface area contributed by atoms with Crippen molar-refractivity contribution in [2.24, 2.45) is 5.92 Å². The standard InChI is InChI=1S/C29H25F3N2O2/c1-19-24(21-9-11-23(12-10-21)36-29(30,31)32)6-4-7-25(19)28(35)34-16-14-20(18-34)17-22-13-15-33-27-8-3-2-5-26(22)27/h2-13,15,20H,14,16-18H2,1H3/t20-/m0/s1. The number of rotatable bonds is 5. The number of ether oxygens (including phenoxy) is 1. The molecule has 2 heterocycles. The number of benzene rings is 3. The topological polar surface area (TPSA) is 42.4 Å². The van der Waals surface area contributed by atoms with Crippen molar-refractivity contribution in [3.8, 4) is 16.9 Å². The molecule has 0 spiro atoms. The van der Waals surface area contributed by atoms with Crippen LogP contribution in [-0.2, 0) is 6.42 Å². The number of para-hydroxylation sites is 1. The molecular formula is C29H25F3N2O2. The molecule has 5 rings (SSSR count). The van der Waals surface area contributed by atoms with Crippen molar-refractivity contribution in [3.05, 3.63) is 95.7 Å². The first-order valence-corrected chi connectivity index (χ1v) is 11.9. The van der Waals surface area contributed by atoms with Crippen molar-refractivity contribution in [3.63, 3.8) is 0 Å². The molecule has 0 saturated carbocycles. The highest BCUT2D eigenvalue weighted by molar-refractivity contribution is 5.97. The first kappa shape index (κ1) is 23.9. The van der Waals surface area contributed by atoms with Gasteiger partial charge in [0, 0.05) is 30.2 Å². The van der Waals surface area contributed by atoms with Gasteiger partial charge in [-0.15, -0.1) is 13.2 Å². The van der Waals surface area contributed by atoms with Crippen LogP contribution >= 0.6 is 0 Å². The Kier molecular flexibility index (Phi) is 6.39. The minimum Gasteiger partial charge on any atom is -0.406 e. The predicted octanol–water partition coefficient (Wildman–Crippen LogP) is 6.81. The fraction of sp³-hybridized carbons (Fsp3) is 0.241. The predicted molar refractivity (Wildman–Crippen MR) is 133 cm³/mol. The lowest BCUT2D eigenvalue weighted by Crippen LogP contribution is -2.29. The molecule has 1 amide bonds. The van der Waals surface area contributed by atoms with Crippen molar-refractivity contribution in [2.45, 2.75) is 26.1 Å². The van der Waals surface area contributed by atoms with Crippen molar-refractivity contribution >= 4 is 16.8 Å². The quantitative estimate of drug-likeness (QED) is 0.309. The summed E-state index contributed by atoms with van der Waals surface area (Å²) in [5, 5.41) is 1.15. The maximum absolute atomic E-state index is 13.4. The highest BCUT2D eigenvalue weighted by atomic mass is 19.4. The van der Waals surface area contributed by atoms with Crippen LogP contribution in [-0.4, -0.2) is 35.2 Å². The third kappa shape index (κ3) is 5.05. The van der Waals surface area contributed by atoms with E-state index in [-0.39, 0.29) is 11.7 Å². The molecule has 36 heavy (non-hydrogen) atoms. The summed E-state index contributed by atoms with van der Waals surface area (Å²) in [6.45, 7) is 3.25. The van der Waals surface area contributed by atoms with Crippen LogP contribution in [0.25, 0.3) is 22.0 Å². The molecule has 0 aliphatic carbocycles. The van der Waals surface area contributed by atoms with Crippen molar-refractivity contribution in [1.29, 1.82) is 0 Å². The van der Waals surface area contributed by atoms with Gasteiger partial charge in [0.05, 0.1) is 5.52 Å². The zero-order chi connectivity index (χ0) is 25.3. The Morgan fingerprint density at radius 3 is 2.58 bits per heavy atom. The molecule has 1 saturated heterocycles. The number of amides is 1. The molecule has 1 aliphatic heterocycles. The van der Waals surface area contributed by atoms with E-state index in [0.29, 0.717) is 24.6 Å². The molecule has 4 nitrogen and oxygen atoms in total. The van der Waals surface area contributed by atoms with E-state index in [4.69, 9.17) is 0 Å². The first-order valence-electron chi connectivity index (χ1n) is 11.9. The van der Waals surface area contributed by atoms with Crippen LogP contribution in [0, 0.1) is 12.8 Å². The molecule has 1 aromatic heterocycles. The molecule has 0 N–H and O–H groups in total. The van der Waals surface area contributed by atoms with Crippen LogP contribution in [0.2, 0.25) is 0 Å². The zero-order valence-corrected chi connectivity index (χ0v) is 19.8. The summed E-state index contributed by atoms with van der Waals surface area (Å²) in [5.41, 5.74) is 5.16. The largest absolute Gasteiger partial charge is 0.573 e. The summed E-state index contributed by atoms with van der Waals surface area (Å²) in [4.78, 5) is 19.8. The van der Waals surface area contributed by atoms with Crippen LogP contribution in [0.1, 0.15) is 27.9 Å². The lowest BCUT2D eigenvalue weighted by atomic mass is 9.95. The first-order chi connectivity index (χ1) is 17.3. The van der Waals surface area contributed by atoms with Crippen molar-refractivity contribution < 1.29 is 22.7 Å². The van der Waals surface area contributed by atoms with E-state index >= 15 is 0 Å². The second kappa shape index (κ2) is 9.64. The normalized spacial score (nSPS) is 15.9. The number of carbonyl (C=O) groups is 1. The Bertz CT molecular complexity index is 1390. The van der Waals surface area contributed by atoms with Crippen molar-refractivity contribution in [2.75, 3.05) is 13.1 Å². The van der Waals surface area contributed by atoms with Gasteiger partial charge in [-0.1, -0.05) is 42.5 Å². The third-order valence-corrected chi connectivity index (χ3v) is 6.78. The van der Waals surface area contributed by atoms with E-state index in [1.165, 1.54) is 17.7 Å². The maximum Gasteiger partial charge on any atom is 0.573 e. The average Bonchev–Trinajstić information content (AvgIpc) is 3.32. The summed E-state index contributed by atoms with van der Waals surface area (Å²) in [7, 11) is 0. The Morgan fingerprint density at radius 2 is 1.81 bits per heavy atom. The Hall–Kier alpha value is -3.87. The van der Waals surface area contributed by atoms with Gasteiger partial charge in [0.2, 0.25) is 0 Å². The summed E-state index contributed by atoms with van der Waals surface area (Å²) in [5.74, 6) is 0.0686. The number of nitrogens with zero attached hydrogens (tertiary/aromatic N) is 2. The van der Waals surface area contributed by atoms with Gasteiger partial charge in [0.15, 0.2) is 0 Å². The molecule has 0 radical (unpaired) electrons. The molecule has 7 heteroatoms. The molecule has 0 unspecified atom stereocenters. The number of alkyl halides is 3. The van der Waals surface area contributed by atoms with Crippen LogP contribution in [0.15, 0.2) is 79.0 Å². The highest BCUT2D eigenvalue weighted by Gasteiger charge is 2.31. The molecule has 1 fully saturated rings. The smallest absolute Gasteiger partial charge is 0.406 e. The van der Waals surface area contributed by atoms with Crippen LogP contribution in [0.4, 0.5) is 13.2 Å². The second-order valence-electron chi connectivity index (χ2n) is 9.15. The number of hydrogen-bond acceptors (Lipinski definition) is 3. The van der Waals surface area contributed by atoms with E-state index in [9.17, 15) is 18.0 Å². The maximum atomic E-state index is 13.4. The van der Waals surface area contributed by atoms with E-state index in [2.05, 4.69) is 21.9 Å². The monoisotopic (exact) mass is 490 g/mol. The Labute approximate surface area is 207 Å². The summed E-state index contributed by atoms with van der Waals surface area (Å²) in [6, 6.07) is 21.4. The molecular weight excluding hydrogens is 465 g/mol. The van der Waals surface area contributed by atoms with Gasteiger partial charge >= 0.3 is 6.36 Å². The molecule has 1 aliphatic rings. The van der Waals surface area contributed by atoms with Gasteiger partial charge in [-0.05, 0) is 78.3 Å². The van der Waals surface area contributed by atoms with E-state index in [1.807, 2.05) is 54.4 Å². The number of halogens is 3. The Morgan fingerprint density at radius 1 is 1.03 bits per heavy atom. The van der Waals surface area contributed by atoms with Gasteiger partial charge in [0.25, 0.3) is 5.91 Å². The minimum atomic E-state index is -4.73. The average molecular weight is 491 g/mol. The number of carbonyl (C=O) groups excluding carboxylic acids is 1. The van der Waals surface area contributed by atoms with Gasteiger partial charge in [-0.2, -0.15) is 0 Å². The molecule has 3 aromatic carbocycles. The number of pyridine rings is 1. The fourth-order valence-corrected chi connectivity index (χ4v) is 5.01. The number of hydrogen-bond donors (Lipinski definition) is 0. The lowest BCUT2D eigenvalue weighted by Gasteiger charge is -2.19. The van der Waals surface area contributed by atoms with E-state index in [1.54, 1.807) is 12.1 Å². The summed E-state index contributed by atoms with van der Waals surface area (Å²) in [6.07, 6.45) is -1.08. The van der Waals surface area contributed by atoms with E-state index < -0.39 is 6.36 Å². The number of aromatic nitrogens is 1. The third-order valence-electron chi connectivity index (χ3n) is 6.78. The van der Waals surface area contributed by atoms with Gasteiger partial charge < -0.3 is 9.64 Å². The second-order valence-corrected chi connectivity index (χ2v) is 9.15. The number of likely N-dealkylation sites (tertiary alicyclic amines) is 1. The molecule has 0 bridgehead atoms. The van der Waals surface area contributed by atoms with E-state index in [0.717, 1.165) is 40.4 Å². The summed E-state index contributed by atoms with van der Waals surface area (Å²) < 4.78 is 41.4. The van der Waals surface area contributed by atoms with Crippen LogP contribution < -0.4 is 4.74 Å². The SMILES string of the molecule is Cc1c(C(=O)N2CC[C@@H](Cc3ccnc4ccccc34)C2)cccc1-c1ccc(OC(F)(F)F)cc1. The fourth-order valence-electron chi connectivity index (χ4n) is 5.01. The lowest BCUT2D eigenvalue weighted by molar-refractivity contribution is -0.274. The van der Waals surface area contributed by atoms with Gasteiger partial charge in [0.1, 0.15) is 5.75 Å². The molecule has 184 valence electrons. The number of fused-ring (bicyclic) bond motifs is 1. The van der Waals surface area contributed by atoms with Crippen LogP contribution in [0.3, 0.4) is 0 Å². The Balaban J connectivity index is 1.31. The van der Waals surface area contributed by atoms with Gasteiger partial charge in [-0.3, -0.25) is 9.78 Å². The molecule has 4 aromatic rings. The van der Waals surface area contributed by atoms with Crippen molar-refractivity contribution in [1.82, 2.24) is 9.88 Å². The van der Waals surface area contributed by atoms with Crippen LogP contribution in [0.5, 0.6) is 5.75 Å². The zero-order valence-electron chi connectivity index (χ0n) is 19.8. The van der Waals surface area contributed by atoms with Gasteiger partial charge in [-0.25, -0.2) is 0 Å². The molecule has 1 atom stereocenters.